The van der Waals surface area contributed by atoms with Crippen molar-refractivity contribution in [3.05, 3.63) is 35.9 Å². The minimum Gasteiger partial charge on any atom is -0.323 e. The average Bonchev–Trinajstić information content (AvgIpc) is 3.07. The fourth-order valence-corrected chi connectivity index (χ4v) is 3.43. The Bertz CT molecular complexity index is 499. The van der Waals surface area contributed by atoms with E-state index in [1.165, 1.54) is 12.0 Å². The summed E-state index contributed by atoms with van der Waals surface area (Å²) in [5.74, 6) is 1.57. The molecule has 0 aromatic heterocycles. The second-order valence-corrected chi connectivity index (χ2v) is 7.08. The smallest absolute Gasteiger partial charge is 0.241 e. The monoisotopic (exact) mass is 286 g/mol. The predicted octanol–water partition coefficient (Wildman–Crippen LogP) is 2.81. The fraction of sp³-hybridized carbons (Fsp3) is 0.611. The second-order valence-electron chi connectivity index (χ2n) is 7.08. The molecular formula is C18H26N2O. The third-order valence-corrected chi connectivity index (χ3v) is 4.68. The normalized spacial score (nSPS) is 32.0. The first-order valence-electron chi connectivity index (χ1n) is 8.18. The van der Waals surface area contributed by atoms with E-state index in [9.17, 15) is 4.79 Å². The van der Waals surface area contributed by atoms with Crippen LogP contribution in [0.5, 0.6) is 0 Å². The highest BCUT2D eigenvalue weighted by Gasteiger charge is 2.49. The number of rotatable bonds is 5. The average molecular weight is 286 g/mol. The molecule has 1 N–H and O–H groups in total. The molecule has 1 aliphatic heterocycles. The summed E-state index contributed by atoms with van der Waals surface area (Å²) in [5.41, 5.74) is 1.23. The van der Waals surface area contributed by atoms with Gasteiger partial charge in [-0.1, -0.05) is 51.1 Å². The van der Waals surface area contributed by atoms with Crippen LogP contribution in [-0.4, -0.2) is 29.1 Å². The van der Waals surface area contributed by atoms with Gasteiger partial charge < -0.3 is 4.90 Å². The SMILES string of the molecule is CC(C)CC1NC(Cc2ccccc2)C(=O)N1C1CC1C. The number of benzene rings is 1. The van der Waals surface area contributed by atoms with Crippen LogP contribution in [0.3, 0.4) is 0 Å². The van der Waals surface area contributed by atoms with Gasteiger partial charge in [-0.15, -0.1) is 0 Å². The van der Waals surface area contributed by atoms with E-state index in [4.69, 9.17) is 0 Å². The molecular weight excluding hydrogens is 260 g/mol. The van der Waals surface area contributed by atoms with Crippen molar-refractivity contribution in [2.24, 2.45) is 11.8 Å². The maximum absolute atomic E-state index is 12.8. The second kappa shape index (κ2) is 5.80. The molecule has 0 radical (unpaired) electrons. The Kier molecular flexibility index (Phi) is 4.03. The highest BCUT2D eigenvalue weighted by molar-refractivity contribution is 5.85. The minimum atomic E-state index is -0.0519. The summed E-state index contributed by atoms with van der Waals surface area (Å²) in [6, 6.07) is 10.7. The Morgan fingerprint density at radius 2 is 1.95 bits per heavy atom. The molecule has 3 heteroatoms. The first-order chi connectivity index (χ1) is 10.1. The summed E-state index contributed by atoms with van der Waals surface area (Å²) in [5, 5.41) is 3.59. The molecule has 3 rings (SSSR count). The Morgan fingerprint density at radius 1 is 1.29 bits per heavy atom. The van der Waals surface area contributed by atoms with Crippen molar-refractivity contribution in [3.8, 4) is 0 Å². The first kappa shape index (κ1) is 14.6. The van der Waals surface area contributed by atoms with E-state index in [0.717, 1.165) is 12.8 Å². The molecule has 1 saturated heterocycles. The van der Waals surface area contributed by atoms with Gasteiger partial charge in [-0.05, 0) is 36.7 Å². The van der Waals surface area contributed by atoms with E-state index < -0.39 is 0 Å². The van der Waals surface area contributed by atoms with Crippen LogP contribution in [0.1, 0.15) is 39.2 Å². The quantitative estimate of drug-likeness (QED) is 0.902. The van der Waals surface area contributed by atoms with Gasteiger partial charge >= 0.3 is 0 Å². The van der Waals surface area contributed by atoms with E-state index in [0.29, 0.717) is 23.8 Å². The summed E-state index contributed by atoms with van der Waals surface area (Å²) in [6.07, 6.45) is 3.23. The van der Waals surface area contributed by atoms with Crippen LogP contribution in [0.4, 0.5) is 0 Å². The van der Waals surface area contributed by atoms with Gasteiger partial charge in [0, 0.05) is 6.04 Å². The van der Waals surface area contributed by atoms with Crippen molar-refractivity contribution >= 4 is 5.91 Å². The Morgan fingerprint density at radius 3 is 2.52 bits per heavy atom. The lowest BCUT2D eigenvalue weighted by molar-refractivity contribution is -0.130. The number of carbonyl (C=O) groups is 1. The molecule has 2 fully saturated rings. The summed E-state index contributed by atoms with van der Waals surface area (Å²) in [4.78, 5) is 14.9. The van der Waals surface area contributed by atoms with Crippen LogP contribution >= 0.6 is 0 Å². The van der Waals surface area contributed by atoms with Crippen molar-refractivity contribution in [2.75, 3.05) is 0 Å². The van der Waals surface area contributed by atoms with Crippen LogP contribution in [0.25, 0.3) is 0 Å². The van der Waals surface area contributed by atoms with Crippen LogP contribution in [0.2, 0.25) is 0 Å². The maximum atomic E-state index is 12.8. The van der Waals surface area contributed by atoms with Gasteiger partial charge in [-0.2, -0.15) is 0 Å². The molecule has 2 aliphatic rings. The van der Waals surface area contributed by atoms with Gasteiger partial charge in [0.15, 0.2) is 0 Å². The molecule has 1 aliphatic carbocycles. The third kappa shape index (κ3) is 3.13. The Hall–Kier alpha value is -1.35. The molecule has 0 spiro atoms. The van der Waals surface area contributed by atoms with E-state index in [1.54, 1.807) is 0 Å². The minimum absolute atomic E-state index is 0.0519. The molecule has 1 heterocycles. The summed E-state index contributed by atoms with van der Waals surface area (Å²) >= 11 is 0. The van der Waals surface area contributed by atoms with Crippen LogP contribution in [0, 0.1) is 11.8 Å². The third-order valence-electron chi connectivity index (χ3n) is 4.68. The molecule has 4 atom stereocenters. The summed E-state index contributed by atoms with van der Waals surface area (Å²) in [6.45, 7) is 6.70. The van der Waals surface area contributed by atoms with Crippen molar-refractivity contribution in [1.82, 2.24) is 10.2 Å². The molecule has 1 amide bonds. The van der Waals surface area contributed by atoms with E-state index in [2.05, 4.69) is 43.1 Å². The maximum Gasteiger partial charge on any atom is 0.241 e. The molecule has 1 saturated carbocycles. The largest absolute Gasteiger partial charge is 0.323 e. The van der Waals surface area contributed by atoms with Crippen LogP contribution in [-0.2, 0) is 11.2 Å². The van der Waals surface area contributed by atoms with E-state index in [1.807, 2.05) is 18.2 Å². The number of hydrogen-bond acceptors (Lipinski definition) is 2. The fourth-order valence-electron chi connectivity index (χ4n) is 3.43. The Balaban J connectivity index is 1.73. The van der Waals surface area contributed by atoms with Gasteiger partial charge in [0.2, 0.25) is 5.91 Å². The summed E-state index contributed by atoms with van der Waals surface area (Å²) < 4.78 is 0. The zero-order valence-electron chi connectivity index (χ0n) is 13.3. The zero-order chi connectivity index (χ0) is 15.0. The molecule has 21 heavy (non-hydrogen) atoms. The lowest BCUT2D eigenvalue weighted by Gasteiger charge is -2.25. The van der Waals surface area contributed by atoms with Gasteiger partial charge in [-0.3, -0.25) is 10.1 Å². The predicted molar refractivity (Wildman–Crippen MR) is 84.7 cm³/mol. The number of nitrogens with one attached hydrogen (secondary N) is 1. The highest BCUT2D eigenvalue weighted by Crippen LogP contribution is 2.39. The number of amides is 1. The van der Waals surface area contributed by atoms with E-state index in [-0.39, 0.29) is 12.2 Å². The van der Waals surface area contributed by atoms with Crippen molar-refractivity contribution in [3.63, 3.8) is 0 Å². The van der Waals surface area contributed by atoms with E-state index >= 15 is 0 Å². The topological polar surface area (TPSA) is 32.3 Å². The number of nitrogens with zero attached hydrogens (tertiary/aromatic N) is 1. The van der Waals surface area contributed by atoms with Crippen molar-refractivity contribution in [2.45, 2.75) is 58.3 Å². The Labute approximate surface area is 127 Å². The zero-order valence-corrected chi connectivity index (χ0v) is 13.3. The van der Waals surface area contributed by atoms with Crippen molar-refractivity contribution < 1.29 is 4.79 Å². The van der Waals surface area contributed by atoms with Gasteiger partial charge in [0.25, 0.3) is 0 Å². The highest BCUT2D eigenvalue weighted by atomic mass is 16.2. The van der Waals surface area contributed by atoms with Gasteiger partial charge in [0.1, 0.15) is 0 Å². The van der Waals surface area contributed by atoms with Crippen LogP contribution in [0.15, 0.2) is 30.3 Å². The lowest BCUT2D eigenvalue weighted by atomic mass is 10.1. The number of carbonyl (C=O) groups excluding carboxylic acids is 1. The first-order valence-corrected chi connectivity index (χ1v) is 8.18. The lowest BCUT2D eigenvalue weighted by Crippen LogP contribution is -2.40. The number of hydrogen-bond donors (Lipinski definition) is 1. The van der Waals surface area contributed by atoms with Gasteiger partial charge in [-0.25, -0.2) is 0 Å². The molecule has 3 nitrogen and oxygen atoms in total. The van der Waals surface area contributed by atoms with Gasteiger partial charge in [0.05, 0.1) is 12.2 Å². The van der Waals surface area contributed by atoms with Crippen molar-refractivity contribution in [1.29, 1.82) is 0 Å². The van der Waals surface area contributed by atoms with Crippen LogP contribution < -0.4 is 5.32 Å². The molecule has 1 aromatic rings. The summed E-state index contributed by atoms with van der Waals surface area (Å²) in [7, 11) is 0. The molecule has 114 valence electrons. The molecule has 1 aromatic carbocycles. The molecule has 0 bridgehead atoms. The standard InChI is InChI=1S/C18H26N2O/c1-12(2)9-17-19-15(11-14-7-5-4-6-8-14)18(21)20(17)16-10-13(16)3/h4-8,12-13,15-17,19H,9-11H2,1-3H3. The molecule has 4 unspecified atom stereocenters.